The lowest BCUT2D eigenvalue weighted by Gasteiger charge is -2.43. The molecule has 0 spiro atoms. The Morgan fingerprint density at radius 2 is 1.89 bits per heavy atom. The molecule has 5 heteroatoms. The molecule has 1 heterocycles. The molecule has 0 radical (unpaired) electrons. The highest BCUT2D eigenvalue weighted by Crippen LogP contribution is 2.41. The molecule has 5 nitrogen and oxygen atoms in total. The number of aromatic nitrogens is 2. The van der Waals surface area contributed by atoms with Gasteiger partial charge in [0, 0.05) is 30.3 Å². The Morgan fingerprint density at radius 1 is 1.21 bits per heavy atom. The molecule has 2 aromatic rings. The zero-order valence-electron chi connectivity index (χ0n) is 17.0. The number of para-hydroxylation sites is 1. The Hall–Kier alpha value is -2.14. The molecule has 2 unspecified atom stereocenters. The van der Waals surface area contributed by atoms with Gasteiger partial charge in [0.25, 0.3) is 0 Å². The summed E-state index contributed by atoms with van der Waals surface area (Å²) in [6, 6.07) is 10.4. The number of fused-ring (bicyclic) bond motifs is 2. The van der Waals surface area contributed by atoms with E-state index in [0.717, 1.165) is 29.8 Å². The zero-order valence-corrected chi connectivity index (χ0v) is 17.0. The number of carbonyl (C=O) groups excluding carboxylic acids is 1. The second-order valence-corrected chi connectivity index (χ2v) is 8.89. The van der Waals surface area contributed by atoms with Crippen LogP contribution in [0.25, 0.3) is 5.69 Å². The lowest BCUT2D eigenvalue weighted by Crippen LogP contribution is -2.49. The predicted octanol–water partition coefficient (Wildman–Crippen LogP) is 3.77. The highest BCUT2D eigenvalue weighted by molar-refractivity contribution is 5.78. The third-order valence-electron chi connectivity index (χ3n) is 6.63. The summed E-state index contributed by atoms with van der Waals surface area (Å²) in [4.78, 5) is 12.9. The van der Waals surface area contributed by atoms with Gasteiger partial charge in [-0.25, -0.2) is 4.68 Å². The molecule has 2 aliphatic rings. The Balaban J connectivity index is 1.44. The minimum Gasteiger partial charge on any atom is -0.352 e. The maximum Gasteiger partial charge on any atom is 0.223 e. The smallest absolute Gasteiger partial charge is 0.223 e. The van der Waals surface area contributed by atoms with Crippen LogP contribution in [0.2, 0.25) is 0 Å². The first-order valence-electron chi connectivity index (χ1n) is 10.7. The van der Waals surface area contributed by atoms with Gasteiger partial charge in [0.05, 0.1) is 11.4 Å². The fourth-order valence-electron chi connectivity index (χ4n) is 5.09. The molecule has 4 rings (SSSR count). The molecule has 2 fully saturated rings. The molecule has 2 bridgehead atoms. The highest BCUT2D eigenvalue weighted by atomic mass is 16.1. The SMILES string of the molecule is CC(C)c1nn(-c2ccccc2)cc1CNC(=O)C1CC2CCCC(C1)C2N. The van der Waals surface area contributed by atoms with Gasteiger partial charge in [-0.3, -0.25) is 4.79 Å². The maximum absolute atomic E-state index is 12.9. The predicted molar refractivity (Wildman–Crippen MR) is 111 cm³/mol. The monoisotopic (exact) mass is 380 g/mol. The van der Waals surface area contributed by atoms with Gasteiger partial charge in [-0.05, 0) is 55.6 Å². The number of hydrogen-bond acceptors (Lipinski definition) is 3. The Morgan fingerprint density at radius 3 is 2.54 bits per heavy atom. The molecule has 3 N–H and O–H groups in total. The van der Waals surface area contributed by atoms with E-state index in [-0.39, 0.29) is 11.8 Å². The first-order chi connectivity index (χ1) is 13.5. The average molecular weight is 381 g/mol. The Kier molecular flexibility index (Phi) is 5.54. The second-order valence-electron chi connectivity index (χ2n) is 8.89. The first-order valence-corrected chi connectivity index (χ1v) is 10.7. The highest BCUT2D eigenvalue weighted by Gasteiger charge is 2.40. The molecule has 0 aliphatic heterocycles. The second kappa shape index (κ2) is 8.08. The van der Waals surface area contributed by atoms with Gasteiger partial charge < -0.3 is 11.1 Å². The molecule has 1 aromatic carbocycles. The summed E-state index contributed by atoms with van der Waals surface area (Å²) < 4.78 is 1.92. The van der Waals surface area contributed by atoms with Gasteiger partial charge in [0.1, 0.15) is 0 Å². The number of benzene rings is 1. The van der Waals surface area contributed by atoms with Crippen molar-refractivity contribution in [3.63, 3.8) is 0 Å². The van der Waals surface area contributed by atoms with Gasteiger partial charge in [-0.2, -0.15) is 5.10 Å². The number of nitrogens with zero attached hydrogens (tertiary/aromatic N) is 2. The van der Waals surface area contributed by atoms with Gasteiger partial charge in [0.15, 0.2) is 0 Å². The van der Waals surface area contributed by atoms with Crippen molar-refractivity contribution >= 4 is 5.91 Å². The van der Waals surface area contributed by atoms with Crippen LogP contribution in [0.5, 0.6) is 0 Å². The van der Waals surface area contributed by atoms with Gasteiger partial charge in [0.2, 0.25) is 5.91 Å². The molecule has 1 aromatic heterocycles. The van der Waals surface area contributed by atoms with Crippen molar-refractivity contribution in [3.8, 4) is 5.69 Å². The van der Waals surface area contributed by atoms with Crippen LogP contribution in [0.4, 0.5) is 0 Å². The van der Waals surface area contributed by atoms with Crippen molar-refractivity contribution in [2.45, 2.75) is 64.5 Å². The van der Waals surface area contributed by atoms with Crippen LogP contribution in [0.1, 0.15) is 63.1 Å². The van der Waals surface area contributed by atoms with Crippen LogP contribution in [0.3, 0.4) is 0 Å². The molecule has 2 atom stereocenters. The van der Waals surface area contributed by atoms with E-state index in [9.17, 15) is 4.79 Å². The van der Waals surface area contributed by atoms with Crippen molar-refractivity contribution < 1.29 is 4.79 Å². The van der Waals surface area contributed by atoms with Crippen LogP contribution < -0.4 is 11.1 Å². The summed E-state index contributed by atoms with van der Waals surface area (Å²) in [5, 5.41) is 7.98. The van der Waals surface area contributed by atoms with E-state index in [2.05, 4.69) is 25.4 Å². The standard InChI is InChI=1S/C23H32N4O/c1-15(2)22-19(14-27(26-22)20-9-4-3-5-10-20)13-25-23(28)18-11-16-7-6-8-17(12-18)21(16)24/h3-5,9-10,14-18,21H,6-8,11-13,24H2,1-2H3,(H,25,28). The van der Waals surface area contributed by atoms with Gasteiger partial charge >= 0.3 is 0 Å². The number of amides is 1. The third-order valence-corrected chi connectivity index (χ3v) is 6.63. The number of rotatable bonds is 5. The normalized spacial score (nSPS) is 27.0. The molecule has 1 amide bonds. The third kappa shape index (κ3) is 3.86. The quantitative estimate of drug-likeness (QED) is 0.829. The molecule has 150 valence electrons. The van der Waals surface area contributed by atoms with E-state index in [4.69, 9.17) is 10.8 Å². The van der Waals surface area contributed by atoms with Crippen LogP contribution in [0.15, 0.2) is 36.5 Å². The lowest BCUT2D eigenvalue weighted by atomic mass is 9.65. The van der Waals surface area contributed by atoms with E-state index in [0.29, 0.717) is 30.3 Å². The summed E-state index contributed by atoms with van der Waals surface area (Å²) in [7, 11) is 0. The van der Waals surface area contributed by atoms with E-state index in [1.165, 1.54) is 19.3 Å². The number of nitrogens with one attached hydrogen (secondary N) is 1. The lowest BCUT2D eigenvalue weighted by molar-refractivity contribution is -0.128. The van der Waals surface area contributed by atoms with Crippen LogP contribution in [-0.4, -0.2) is 21.7 Å². The summed E-state index contributed by atoms with van der Waals surface area (Å²) >= 11 is 0. The van der Waals surface area contributed by atoms with Gasteiger partial charge in [-0.15, -0.1) is 0 Å². The molecular formula is C23H32N4O. The minimum atomic E-state index is 0.113. The first kappa shape index (κ1) is 19.2. The Bertz CT molecular complexity index is 799. The van der Waals surface area contributed by atoms with E-state index in [1.807, 2.05) is 35.0 Å². The maximum atomic E-state index is 12.9. The van der Waals surface area contributed by atoms with Crippen LogP contribution in [0, 0.1) is 17.8 Å². The van der Waals surface area contributed by atoms with Crippen LogP contribution >= 0.6 is 0 Å². The zero-order chi connectivity index (χ0) is 19.7. The van der Waals surface area contributed by atoms with Crippen molar-refractivity contribution in [2.75, 3.05) is 0 Å². The summed E-state index contributed by atoms with van der Waals surface area (Å²) in [5.74, 6) is 1.65. The fourth-order valence-corrected chi connectivity index (χ4v) is 5.09. The Labute approximate surface area is 167 Å². The van der Waals surface area contributed by atoms with E-state index >= 15 is 0 Å². The van der Waals surface area contributed by atoms with Gasteiger partial charge in [-0.1, -0.05) is 38.5 Å². The van der Waals surface area contributed by atoms with Crippen molar-refractivity contribution in [2.24, 2.45) is 23.5 Å². The van der Waals surface area contributed by atoms with E-state index in [1.54, 1.807) is 0 Å². The largest absolute Gasteiger partial charge is 0.352 e. The average Bonchev–Trinajstić information content (AvgIpc) is 3.11. The molecule has 2 saturated carbocycles. The number of carbonyl (C=O) groups is 1. The van der Waals surface area contributed by atoms with E-state index < -0.39 is 0 Å². The van der Waals surface area contributed by atoms with Crippen molar-refractivity contribution in [3.05, 3.63) is 47.8 Å². The summed E-state index contributed by atoms with van der Waals surface area (Å²) in [6.07, 6.45) is 7.59. The molecule has 0 saturated heterocycles. The van der Waals surface area contributed by atoms with Crippen molar-refractivity contribution in [1.82, 2.24) is 15.1 Å². The minimum absolute atomic E-state index is 0.113. The number of nitrogens with two attached hydrogens (primary N) is 1. The molecule has 2 aliphatic carbocycles. The van der Waals surface area contributed by atoms with Crippen LogP contribution in [-0.2, 0) is 11.3 Å². The molecular weight excluding hydrogens is 348 g/mol. The fraction of sp³-hybridized carbons (Fsp3) is 0.565. The molecule has 28 heavy (non-hydrogen) atoms. The summed E-state index contributed by atoms with van der Waals surface area (Å²) in [5.41, 5.74) is 9.56. The summed E-state index contributed by atoms with van der Waals surface area (Å²) in [6.45, 7) is 4.83. The number of hydrogen-bond donors (Lipinski definition) is 2. The van der Waals surface area contributed by atoms with Crippen molar-refractivity contribution in [1.29, 1.82) is 0 Å². The topological polar surface area (TPSA) is 72.9 Å².